The van der Waals surface area contributed by atoms with Gasteiger partial charge in [0.25, 0.3) is 5.91 Å². The summed E-state index contributed by atoms with van der Waals surface area (Å²) in [4.78, 5) is 28.8. The summed E-state index contributed by atoms with van der Waals surface area (Å²) in [5.41, 5.74) is 8.84. The highest BCUT2D eigenvalue weighted by atomic mass is 16.2. The van der Waals surface area contributed by atoms with Gasteiger partial charge in [0.05, 0.1) is 6.04 Å². The summed E-state index contributed by atoms with van der Waals surface area (Å²) in [5.74, 6) is 0.0750. The Labute approximate surface area is 236 Å². The lowest BCUT2D eigenvalue weighted by atomic mass is 9.90. The molecule has 1 aliphatic heterocycles. The van der Waals surface area contributed by atoms with Gasteiger partial charge in [-0.15, -0.1) is 0 Å². The molecule has 0 saturated carbocycles. The summed E-state index contributed by atoms with van der Waals surface area (Å²) in [7, 11) is 0. The van der Waals surface area contributed by atoms with Crippen molar-refractivity contribution in [1.82, 2.24) is 15.5 Å². The number of rotatable bonds is 10. The number of nitrogens with one attached hydrogen (secondary N) is 2. The summed E-state index contributed by atoms with van der Waals surface area (Å²) in [6.45, 7) is 2.21. The van der Waals surface area contributed by atoms with Crippen molar-refractivity contribution in [1.29, 1.82) is 0 Å². The lowest BCUT2D eigenvalue weighted by Gasteiger charge is -2.29. The first-order valence-corrected chi connectivity index (χ1v) is 14.2. The van der Waals surface area contributed by atoms with Gasteiger partial charge >= 0.3 is 0 Å². The largest absolute Gasteiger partial charge is 0.350 e. The Balaban J connectivity index is 1.30. The second-order valence-electron chi connectivity index (χ2n) is 10.6. The zero-order valence-electron chi connectivity index (χ0n) is 22.8. The van der Waals surface area contributed by atoms with E-state index < -0.39 is 0 Å². The van der Waals surface area contributed by atoms with Crippen molar-refractivity contribution in [3.8, 4) is 0 Å². The van der Waals surface area contributed by atoms with Gasteiger partial charge in [0, 0.05) is 37.2 Å². The van der Waals surface area contributed by atoms with Crippen molar-refractivity contribution >= 4 is 22.6 Å². The van der Waals surface area contributed by atoms with Crippen LogP contribution in [0.2, 0.25) is 0 Å². The molecule has 0 bridgehead atoms. The van der Waals surface area contributed by atoms with E-state index in [9.17, 15) is 9.59 Å². The van der Waals surface area contributed by atoms with E-state index in [1.807, 2.05) is 59.5 Å². The molecule has 0 spiro atoms. The molecule has 4 N–H and O–H groups in total. The normalized spacial score (nSPS) is 17.6. The van der Waals surface area contributed by atoms with Crippen molar-refractivity contribution < 1.29 is 9.59 Å². The summed E-state index contributed by atoms with van der Waals surface area (Å²) in [5, 5.41) is 8.81. The zero-order valence-corrected chi connectivity index (χ0v) is 22.8. The number of hydrogen-bond acceptors (Lipinski definition) is 4. The number of fused-ring (bicyclic) bond motifs is 1. The fraction of sp³-hybridized carbons (Fsp3) is 0.294. The maximum absolute atomic E-state index is 13.8. The second-order valence-corrected chi connectivity index (χ2v) is 10.6. The first kappa shape index (κ1) is 27.6. The van der Waals surface area contributed by atoms with Gasteiger partial charge in [0.15, 0.2) is 0 Å². The van der Waals surface area contributed by atoms with Crippen molar-refractivity contribution in [3.63, 3.8) is 0 Å². The minimum absolute atomic E-state index is 0.0203. The molecule has 6 nitrogen and oxygen atoms in total. The molecular weight excluding hydrogens is 496 g/mol. The Kier molecular flexibility index (Phi) is 9.22. The summed E-state index contributed by atoms with van der Waals surface area (Å²) in [6, 6.07) is 34.2. The minimum atomic E-state index is -0.333. The number of nitrogens with zero attached hydrogens (tertiary/aromatic N) is 1. The number of nitrogens with two attached hydrogens (primary N) is 1. The quantitative estimate of drug-likeness (QED) is 0.275. The average Bonchev–Trinajstić information content (AvgIpc) is 3.16. The SMILES string of the molecule is NCCCC1NC(CNC(=O)c2ccc3ccccc3c2)CCN(CC(c2ccccc2)c2ccccc2)C1=O. The Morgan fingerprint density at radius 3 is 2.23 bits per heavy atom. The van der Waals surface area contributed by atoms with Crippen LogP contribution in [0.3, 0.4) is 0 Å². The number of hydrogen-bond donors (Lipinski definition) is 3. The third kappa shape index (κ3) is 6.76. The monoisotopic (exact) mass is 534 g/mol. The molecule has 1 heterocycles. The number of carbonyl (C=O) groups excluding carboxylic acids is 2. The van der Waals surface area contributed by atoms with Gasteiger partial charge in [0.1, 0.15) is 0 Å². The van der Waals surface area contributed by atoms with Crippen molar-refractivity contribution in [2.45, 2.75) is 37.3 Å². The number of benzene rings is 4. The molecule has 0 aromatic heterocycles. The molecule has 0 aliphatic carbocycles. The Morgan fingerprint density at radius 1 is 0.900 bits per heavy atom. The minimum Gasteiger partial charge on any atom is -0.350 e. The fourth-order valence-electron chi connectivity index (χ4n) is 5.60. The van der Waals surface area contributed by atoms with Crippen LogP contribution in [0.1, 0.15) is 46.7 Å². The maximum atomic E-state index is 13.8. The lowest BCUT2D eigenvalue weighted by Crippen LogP contribution is -2.49. The van der Waals surface area contributed by atoms with E-state index >= 15 is 0 Å². The van der Waals surface area contributed by atoms with Crippen LogP contribution in [0.5, 0.6) is 0 Å². The van der Waals surface area contributed by atoms with Crippen molar-refractivity contribution in [3.05, 3.63) is 120 Å². The molecule has 6 heteroatoms. The van der Waals surface area contributed by atoms with E-state index in [0.717, 1.165) is 23.6 Å². The molecule has 2 amide bonds. The van der Waals surface area contributed by atoms with E-state index in [0.29, 0.717) is 38.2 Å². The van der Waals surface area contributed by atoms with Gasteiger partial charge in [-0.1, -0.05) is 91.0 Å². The lowest BCUT2D eigenvalue weighted by molar-refractivity contribution is -0.133. The van der Waals surface area contributed by atoms with E-state index in [2.05, 4.69) is 59.2 Å². The van der Waals surface area contributed by atoms with E-state index in [4.69, 9.17) is 5.73 Å². The van der Waals surface area contributed by atoms with Crippen LogP contribution < -0.4 is 16.4 Å². The van der Waals surface area contributed by atoms with Crippen LogP contribution in [0, 0.1) is 0 Å². The van der Waals surface area contributed by atoms with Crippen LogP contribution in [-0.4, -0.2) is 55.0 Å². The van der Waals surface area contributed by atoms with Crippen LogP contribution >= 0.6 is 0 Å². The van der Waals surface area contributed by atoms with Crippen LogP contribution in [0.15, 0.2) is 103 Å². The van der Waals surface area contributed by atoms with Gasteiger partial charge in [-0.2, -0.15) is 0 Å². The summed E-state index contributed by atoms with van der Waals surface area (Å²) in [6.07, 6.45) is 2.18. The highest BCUT2D eigenvalue weighted by Gasteiger charge is 2.32. The van der Waals surface area contributed by atoms with Gasteiger partial charge < -0.3 is 21.3 Å². The second kappa shape index (κ2) is 13.4. The fourth-order valence-corrected chi connectivity index (χ4v) is 5.60. The summed E-state index contributed by atoms with van der Waals surface area (Å²) < 4.78 is 0. The number of carbonyl (C=O) groups is 2. The molecule has 1 saturated heterocycles. The molecule has 206 valence electrons. The summed E-state index contributed by atoms with van der Waals surface area (Å²) >= 11 is 0. The molecular formula is C34H38N4O2. The average molecular weight is 535 g/mol. The molecule has 0 radical (unpaired) electrons. The molecule has 5 rings (SSSR count). The van der Waals surface area contributed by atoms with Gasteiger partial charge in [-0.25, -0.2) is 0 Å². The molecule has 40 heavy (non-hydrogen) atoms. The van der Waals surface area contributed by atoms with Gasteiger partial charge in [0.2, 0.25) is 5.91 Å². The standard InChI is InChI=1S/C34H38N4O2/c35-20-9-16-32-34(40)38(24-31(26-11-3-1-4-12-26)27-13-5-2-6-14-27)21-19-30(37-32)23-36-33(39)29-18-17-25-10-7-8-15-28(25)22-29/h1-8,10-15,17-18,22,30-32,37H,9,16,19-21,23-24,35H2,(H,36,39). The Hall–Kier alpha value is -4.00. The maximum Gasteiger partial charge on any atom is 0.251 e. The molecule has 4 aromatic rings. The van der Waals surface area contributed by atoms with E-state index in [1.165, 1.54) is 11.1 Å². The van der Waals surface area contributed by atoms with Gasteiger partial charge in [-0.05, 0) is 59.8 Å². The third-order valence-electron chi connectivity index (χ3n) is 7.82. The van der Waals surface area contributed by atoms with Crippen molar-refractivity contribution in [2.75, 3.05) is 26.2 Å². The topological polar surface area (TPSA) is 87.5 Å². The van der Waals surface area contributed by atoms with E-state index in [-0.39, 0.29) is 29.8 Å². The zero-order chi connectivity index (χ0) is 27.7. The highest BCUT2D eigenvalue weighted by molar-refractivity contribution is 5.98. The Bertz CT molecular complexity index is 1370. The van der Waals surface area contributed by atoms with Crippen LogP contribution in [0.25, 0.3) is 10.8 Å². The predicted octanol–water partition coefficient (Wildman–Crippen LogP) is 4.70. The van der Waals surface area contributed by atoms with Crippen molar-refractivity contribution in [2.24, 2.45) is 5.73 Å². The van der Waals surface area contributed by atoms with Crippen LogP contribution in [-0.2, 0) is 4.79 Å². The van der Waals surface area contributed by atoms with Gasteiger partial charge in [-0.3, -0.25) is 9.59 Å². The smallest absolute Gasteiger partial charge is 0.251 e. The molecule has 2 unspecified atom stereocenters. The Morgan fingerprint density at radius 2 is 1.55 bits per heavy atom. The van der Waals surface area contributed by atoms with Crippen LogP contribution in [0.4, 0.5) is 0 Å². The first-order chi connectivity index (χ1) is 19.6. The first-order valence-electron chi connectivity index (χ1n) is 14.2. The molecule has 1 fully saturated rings. The molecule has 1 aliphatic rings. The third-order valence-corrected chi connectivity index (χ3v) is 7.82. The number of amides is 2. The predicted molar refractivity (Wildman–Crippen MR) is 161 cm³/mol. The molecule has 4 aromatic carbocycles. The molecule has 2 atom stereocenters. The highest BCUT2D eigenvalue weighted by Crippen LogP contribution is 2.27. The van der Waals surface area contributed by atoms with E-state index in [1.54, 1.807) is 0 Å².